The number of fused-ring (bicyclic) bond motifs is 1. The van der Waals surface area contributed by atoms with Crippen molar-refractivity contribution in [1.29, 1.82) is 5.26 Å². The maximum Gasteiger partial charge on any atom is 0.279 e. The minimum absolute atomic E-state index is 0.264. The van der Waals surface area contributed by atoms with Crippen LogP contribution in [0.3, 0.4) is 0 Å². The lowest BCUT2D eigenvalue weighted by atomic mass is 10.3. The van der Waals surface area contributed by atoms with E-state index in [1.54, 1.807) is 36.0 Å². The van der Waals surface area contributed by atoms with Crippen LogP contribution in [0, 0.1) is 11.3 Å². The predicted octanol–water partition coefficient (Wildman–Crippen LogP) is 2.04. The van der Waals surface area contributed by atoms with E-state index in [1.807, 2.05) is 6.07 Å². The van der Waals surface area contributed by atoms with Gasteiger partial charge in [-0.25, -0.2) is 15.0 Å². The Hall–Kier alpha value is -2.79. The Balaban J connectivity index is 1.93. The Morgan fingerprint density at radius 1 is 1.27 bits per heavy atom. The molecule has 0 saturated carbocycles. The van der Waals surface area contributed by atoms with Crippen LogP contribution in [-0.4, -0.2) is 32.3 Å². The average Bonchev–Trinajstić information content (AvgIpc) is 2.94. The van der Waals surface area contributed by atoms with Crippen LogP contribution < -0.4 is 4.90 Å². The standard InChI is InChI=1S/C14H9BrN6O/c1-20(12-3-2-9(4-16)5-18-12)14(22)10-8-21-11(15)6-19-13(21)7-17-10/h2-3,5-8H,1H3. The van der Waals surface area contributed by atoms with Gasteiger partial charge in [-0.1, -0.05) is 0 Å². The second kappa shape index (κ2) is 5.54. The van der Waals surface area contributed by atoms with E-state index in [0.29, 0.717) is 17.0 Å². The van der Waals surface area contributed by atoms with Gasteiger partial charge < -0.3 is 0 Å². The molecule has 8 heteroatoms. The Morgan fingerprint density at radius 3 is 2.77 bits per heavy atom. The summed E-state index contributed by atoms with van der Waals surface area (Å²) in [5.41, 5.74) is 1.34. The van der Waals surface area contributed by atoms with Gasteiger partial charge in [0.1, 0.15) is 22.2 Å². The van der Waals surface area contributed by atoms with Gasteiger partial charge in [0.2, 0.25) is 0 Å². The van der Waals surface area contributed by atoms with Crippen LogP contribution >= 0.6 is 15.9 Å². The molecule has 0 aliphatic rings. The summed E-state index contributed by atoms with van der Waals surface area (Å²) in [4.78, 5) is 26.2. The first-order chi connectivity index (χ1) is 10.6. The van der Waals surface area contributed by atoms with E-state index in [2.05, 4.69) is 30.9 Å². The molecule has 3 heterocycles. The Kier molecular flexibility index (Phi) is 3.56. The molecule has 1 amide bonds. The lowest BCUT2D eigenvalue weighted by molar-refractivity contribution is 0.0987. The normalized spacial score (nSPS) is 10.4. The highest BCUT2D eigenvalue weighted by Gasteiger charge is 2.17. The fourth-order valence-electron chi connectivity index (χ4n) is 1.90. The van der Waals surface area contributed by atoms with Crippen LogP contribution in [0.5, 0.6) is 0 Å². The molecule has 0 bridgehead atoms. The van der Waals surface area contributed by atoms with Gasteiger partial charge in [-0.15, -0.1) is 0 Å². The highest BCUT2D eigenvalue weighted by Crippen LogP contribution is 2.15. The number of hydrogen-bond acceptors (Lipinski definition) is 5. The quantitative estimate of drug-likeness (QED) is 0.700. The molecule has 108 valence electrons. The maximum absolute atomic E-state index is 12.5. The third kappa shape index (κ3) is 2.42. The molecule has 0 fully saturated rings. The van der Waals surface area contributed by atoms with Gasteiger partial charge in [-0.05, 0) is 28.1 Å². The number of halogens is 1. The number of anilines is 1. The topological polar surface area (TPSA) is 87.2 Å². The number of carbonyl (C=O) groups excluding carboxylic acids is 1. The third-order valence-electron chi connectivity index (χ3n) is 3.10. The summed E-state index contributed by atoms with van der Waals surface area (Å²) < 4.78 is 2.46. The molecule has 0 radical (unpaired) electrons. The van der Waals surface area contributed by atoms with Gasteiger partial charge in [0.15, 0.2) is 5.65 Å². The van der Waals surface area contributed by atoms with Crippen molar-refractivity contribution < 1.29 is 4.79 Å². The monoisotopic (exact) mass is 356 g/mol. The van der Waals surface area contributed by atoms with Gasteiger partial charge in [-0.2, -0.15) is 5.26 Å². The smallest absolute Gasteiger partial charge is 0.279 e. The number of nitrogens with zero attached hydrogens (tertiary/aromatic N) is 6. The second-order valence-corrected chi connectivity index (χ2v) is 5.28. The van der Waals surface area contributed by atoms with Crippen LogP contribution in [-0.2, 0) is 0 Å². The van der Waals surface area contributed by atoms with Crippen molar-refractivity contribution in [3.63, 3.8) is 0 Å². The fourth-order valence-corrected chi connectivity index (χ4v) is 2.28. The SMILES string of the molecule is CN(C(=O)c1cn2c(Br)cnc2cn1)c1ccc(C#N)cn1. The molecule has 0 atom stereocenters. The van der Waals surface area contributed by atoms with E-state index < -0.39 is 0 Å². The van der Waals surface area contributed by atoms with Crippen molar-refractivity contribution >= 4 is 33.3 Å². The molecule has 0 unspecified atom stereocenters. The summed E-state index contributed by atoms with van der Waals surface area (Å²) in [7, 11) is 1.60. The molecule has 0 spiro atoms. The van der Waals surface area contributed by atoms with Crippen molar-refractivity contribution in [2.45, 2.75) is 0 Å². The van der Waals surface area contributed by atoms with Crippen LogP contribution in [0.15, 0.2) is 41.5 Å². The number of hydrogen-bond donors (Lipinski definition) is 0. The molecule has 22 heavy (non-hydrogen) atoms. The summed E-state index contributed by atoms with van der Waals surface area (Å²) in [6, 6.07) is 5.20. The molecule has 7 nitrogen and oxygen atoms in total. The van der Waals surface area contributed by atoms with E-state index in [9.17, 15) is 4.79 Å². The zero-order valence-electron chi connectivity index (χ0n) is 11.4. The van der Waals surface area contributed by atoms with Crippen LogP contribution in [0.2, 0.25) is 0 Å². The minimum Gasteiger partial charge on any atom is -0.294 e. The first-order valence-corrected chi connectivity index (χ1v) is 7.02. The number of nitriles is 1. The Labute approximate surface area is 134 Å². The number of amides is 1. The molecule has 0 saturated heterocycles. The summed E-state index contributed by atoms with van der Waals surface area (Å²) in [6.07, 6.45) is 6.19. The molecular formula is C14H9BrN6O. The number of carbonyl (C=O) groups is 1. The van der Waals surface area contributed by atoms with Crippen molar-refractivity contribution in [2.24, 2.45) is 0 Å². The van der Waals surface area contributed by atoms with E-state index in [1.165, 1.54) is 17.3 Å². The zero-order valence-corrected chi connectivity index (χ0v) is 13.0. The number of pyridine rings is 1. The third-order valence-corrected chi connectivity index (χ3v) is 3.68. The Morgan fingerprint density at radius 2 is 2.09 bits per heavy atom. The summed E-state index contributed by atoms with van der Waals surface area (Å²) in [5, 5.41) is 8.77. The Bertz CT molecular complexity index is 896. The molecule has 0 aromatic carbocycles. The van der Waals surface area contributed by atoms with Crippen LogP contribution in [0.4, 0.5) is 5.82 Å². The highest BCUT2D eigenvalue weighted by atomic mass is 79.9. The van der Waals surface area contributed by atoms with E-state index >= 15 is 0 Å². The lowest BCUT2D eigenvalue weighted by Gasteiger charge is -2.15. The van der Waals surface area contributed by atoms with E-state index in [-0.39, 0.29) is 11.6 Å². The molecule has 0 N–H and O–H groups in total. The molecule has 0 aliphatic heterocycles. The minimum atomic E-state index is -0.306. The second-order valence-electron chi connectivity index (χ2n) is 4.46. The zero-order chi connectivity index (χ0) is 15.7. The lowest BCUT2D eigenvalue weighted by Crippen LogP contribution is -2.28. The average molecular weight is 357 g/mol. The van der Waals surface area contributed by atoms with Gasteiger partial charge in [-0.3, -0.25) is 14.1 Å². The van der Waals surface area contributed by atoms with Crippen LogP contribution in [0.1, 0.15) is 16.1 Å². The number of rotatable bonds is 2. The highest BCUT2D eigenvalue weighted by molar-refractivity contribution is 9.10. The van der Waals surface area contributed by atoms with Crippen LogP contribution in [0.25, 0.3) is 5.65 Å². The first-order valence-electron chi connectivity index (χ1n) is 6.23. The maximum atomic E-state index is 12.5. The first kappa shape index (κ1) is 14.2. The molecule has 3 rings (SSSR count). The largest absolute Gasteiger partial charge is 0.294 e. The summed E-state index contributed by atoms with van der Waals surface area (Å²) in [5.74, 6) is 0.135. The van der Waals surface area contributed by atoms with Crippen molar-refractivity contribution in [3.05, 3.63) is 52.8 Å². The summed E-state index contributed by atoms with van der Waals surface area (Å²) >= 11 is 3.35. The van der Waals surface area contributed by atoms with Crippen molar-refractivity contribution in [2.75, 3.05) is 11.9 Å². The number of imidazole rings is 1. The van der Waals surface area contributed by atoms with Crippen molar-refractivity contribution in [1.82, 2.24) is 19.4 Å². The number of aromatic nitrogens is 4. The van der Waals surface area contributed by atoms with Gasteiger partial charge in [0, 0.05) is 19.4 Å². The molecule has 3 aromatic rings. The molecule has 3 aromatic heterocycles. The van der Waals surface area contributed by atoms with Gasteiger partial charge in [0.05, 0.1) is 18.0 Å². The van der Waals surface area contributed by atoms with Gasteiger partial charge in [0.25, 0.3) is 5.91 Å². The van der Waals surface area contributed by atoms with Gasteiger partial charge >= 0.3 is 0 Å². The van der Waals surface area contributed by atoms with Crippen molar-refractivity contribution in [3.8, 4) is 6.07 Å². The van der Waals surface area contributed by atoms with E-state index in [4.69, 9.17) is 5.26 Å². The fraction of sp³-hybridized carbons (Fsp3) is 0.0714. The summed E-state index contributed by atoms with van der Waals surface area (Å²) in [6.45, 7) is 0. The molecule has 0 aliphatic carbocycles. The predicted molar refractivity (Wildman–Crippen MR) is 82.4 cm³/mol. The van der Waals surface area contributed by atoms with E-state index in [0.717, 1.165) is 4.60 Å². The molecular weight excluding hydrogens is 348 g/mol.